The van der Waals surface area contributed by atoms with Crippen LogP contribution in [0.25, 0.3) is 11.0 Å². The lowest BCUT2D eigenvalue weighted by atomic mass is 9.79. The predicted octanol–water partition coefficient (Wildman–Crippen LogP) is 6.15. The third kappa shape index (κ3) is 10.7. The highest BCUT2D eigenvalue weighted by molar-refractivity contribution is 6.30. The lowest BCUT2D eigenvalue weighted by molar-refractivity contribution is -0.172. The molecule has 2 N–H and O–H groups in total. The maximum absolute atomic E-state index is 13.5. The summed E-state index contributed by atoms with van der Waals surface area (Å²) in [5, 5.41) is 13.8. The molecule has 7 atom stereocenters. The van der Waals surface area contributed by atoms with Crippen LogP contribution in [0.2, 0.25) is 0 Å². The number of ether oxygens (including phenoxy) is 5. The number of rotatable bonds is 17. The van der Waals surface area contributed by atoms with E-state index in [4.69, 9.17) is 28.1 Å². The van der Waals surface area contributed by atoms with Crippen molar-refractivity contribution in [1.82, 2.24) is 5.32 Å². The fourth-order valence-corrected chi connectivity index (χ4v) is 6.94. The Bertz CT molecular complexity index is 1960. The minimum Gasteiger partial charge on any atom is -0.507 e. The van der Waals surface area contributed by atoms with Crippen molar-refractivity contribution in [3.63, 3.8) is 0 Å². The molecule has 3 rings (SSSR count). The lowest BCUT2D eigenvalue weighted by Gasteiger charge is -2.39. The number of carbonyl (C=O) groups is 6. The van der Waals surface area contributed by atoms with Gasteiger partial charge in [-0.15, -0.1) is 0 Å². The van der Waals surface area contributed by atoms with Crippen LogP contribution >= 0.6 is 0 Å². The summed E-state index contributed by atoms with van der Waals surface area (Å²) in [5.41, 5.74) is 0.258. The third-order valence-corrected chi connectivity index (χ3v) is 9.72. The molecule has 1 aromatic carbocycles. The van der Waals surface area contributed by atoms with Gasteiger partial charge in [0.15, 0.2) is 12.1 Å². The number of amides is 1. The second-order valence-corrected chi connectivity index (χ2v) is 14.1. The second-order valence-electron chi connectivity index (χ2n) is 14.1. The number of furan rings is 1. The highest BCUT2D eigenvalue weighted by atomic mass is 16.7. The van der Waals surface area contributed by atoms with E-state index in [0.29, 0.717) is 22.3 Å². The lowest BCUT2D eigenvalue weighted by Crippen LogP contribution is -2.47. The van der Waals surface area contributed by atoms with E-state index in [1.165, 1.54) is 48.0 Å². The van der Waals surface area contributed by atoms with Crippen molar-refractivity contribution in [1.29, 1.82) is 0 Å². The summed E-state index contributed by atoms with van der Waals surface area (Å²) >= 11 is 0. The number of Topliss-reactive ketones (excluding diaryl/α,β-unsaturated/α-hetero) is 1. The fourth-order valence-electron chi connectivity index (χ4n) is 6.94. The van der Waals surface area contributed by atoms with Gasteiger partial charge in [-0.05, 0) is 32.9 Å². The van der Waals surface area contributed by atoms with Gasteiger partial charge < -0.3 is 38.5 Å². The summed E-state index contributed by atoms with van der Waals surface area (Å²) in [6, 6.07) is 1.62. The Labute approximate surface area is 326 Å². The second kappa shape index (κ2) is 19.5. The summed E-state index contributed by atoms with van der Waals surface area (Å²) in [4.78, 5) is 76.9. The molecule has 304 valence electrons. The first-order valence-corrected chi connectivity index (χ1v) is 18.2. The topological polar surface area (TPSA) is 194 Å². The van der Waals surface area contributed by atoms with Crippen molar-refractivity contribution in [2.75, 3.05) is 14.2 Å². The number of phenolic OH excluding ortho intramolecular Hbond substituents is 1. The van der Waals surface area contributed by atoms with Gasteiger partial charge in [-0.1, -0.05) is 52.0 Å². The van der Waals surface area contributed by atoms with Gasteiger partial charge in [0.05, 0.1) is 11.3 Å². The summed E-state index contributed by atoms with van der Waals surface area (Å²) in [6.07, 6.45) is 6.10. The standard InChI is InChI=1S/C42H53NO13/c1-20(38(54-27(8)44)25(6)40(56-29(10)46)26(7)39(55-28(9)45)21(2)16-17-33(51-11)52-12)14-13-15-22(3)42(50)43-31-19-32(47)34-30-18-23(4)53-41(30)24(5)36(48)35(34)37(31)49/h13-21,25-26,33,38-40,48H,1-12H3,(H,43,50)/b14-13+,17-16+,22-15+. The van der Waals surface area contributed by atoms with E-state index in [1.807, 2.05) is 6.92 Å². The molecule has 14 nitrogen and oxygen atoms in total. The summed E-state index contributed by atoms with van der Waals surface area (Å²) < 4.78 is 33.5. The van der Waals surface area contributed by atoms with Gasteiger partial charge in [-0.3, -0.25) is 28.8 Å². The third-order valence-electron chi connectivity index (χ3n) is 9.72. The van der Waals surface area contributed by atoms with E-state index in [1.54, 1.807) is 65.0 Å². The molecule has 7 unspecified atom stereocenters. The number of hydrogen-bond acceptors (Lipinski definition) is 13. The largest absolute Gasteiger partial charge is 0.507 e. The highest BCUT2D eigenvalue weighted by Crippen LogP contribution is 2.40. The zero-order valence-electron chi connectivity index (χ0n) is 34.0. The van der Waals surface area contributed by atoms with Crippen LogP contribution in [-0.4, -0.2) is 79.3 Å². The van der Waals surface area contributed by atoms with Gasteiger partial charge >= 0.3 is 17.9 Å². The molecule has 0 saturated carbocycles. The normalized spacial score (nSPS) is 17.2. The number of nitrogens with one attached hydrogen (secondary N) is 1. The molecule has 1 aliphatic carbocycles. The van der Waals surface area contributed by atoms with Crippen molar-refractivity contribution < 1.29 is 62.0 Å². The summed E-state index contributed by atoms with van der Waals surface area (Å²) in [6.45, 7) is 15.7. The van der Waals surface area contributed by atoms with Gasteiger partial charge in [0.2, 0.25) is 5.78 Å². The number of carbonyl (C=O) groups excluding carboxylic acids is 6. The van der Waals surface area contributed by atoms with Crippen molar-refractivity contribution in [2.24, 2.45) is 23.7 Å². The number of hydrogen-bond donors (Lipinski definition) is 2. The zero-order chi connectivity index (χ0) is 42.2. The van der Waals surface area contributed by atoms with Crippen molar-refractivity contribution in [2.45, 2.75) is 93.8 Å². The molecular weight excluding hydrogens is 726 g/mol. The molecule has 1 heterocycles. The van der Waals surface area contributed by atoms with Crippen molar-refractivity contribution in [3.8, 4) is 5.75 Å². The number of esters is 3. The molecule has 1 aromatic heterocycles. The van der Waals surface area contributed by atoms with Crippen molar-refractivity contribution >= 4 is 46.4 Å². The van der Waals surface area contributed by atoms with Crippen LogP contribution in [0.1, 0.15) is 87.4 Å². The Morgan fingerprint density at radius 1 is 0.768 bits per heavy atom. The highest BCUT2D eigenvalue weighted by Gasteiger charge is 2.41. The number of fused-ring (bicyclic) bond motifs is 3. The molecule has 1 aliphatic rings. The monoisotopic (exact) mass is 779 g/mol. The Hall–Kier alpha value is -5.34. The van der Waals surface area contributed by atoms with Gasteiger partial charge in [-0.2, -0.15) is 0 Å². The molecule has 2 aromatic rings. The minimum atomic E-state index is -0.886. The van der Waals surface area contributed by atoms with Crippen LogP contribution in [-0.2, 0) is 42.9 Å². The first kappa shape index (κ1) is 45.1. The van der Waals surface area contributed by atoms with E-state index in [-0.39, 0.29) is 28.3 Å². The van der Waals surface area contributed by atoms with Gasteiger partial charge in [0, 0.05) is 86.8 Å². The molecular formula is C42H53NO13. The fraction of sp³-hybridized carbons (Fsp3) is 0.476. The maximum atomic E-state index is 13.5. The van der Waals surface area contributed by atoms with E-state index >= 15 is 0 Å². The SMILES string of the molecule is COC(/C=C/C(C)C(OC(C)=O)C(C)C(OC(C)=O)C(C)C(OC(C)=O)C(C)/C=C/C=C(\C)C(=O)NC1=CC(=O)c2c(c(O)c(C)c3oc(C)cc23)C1=O)OC. The van der Waals surface area contributed by atoms with Crippen LogP contribution in [0.5, 0.6) is 5.75 Å². The number of aryl methyl sites for hydroxylation is 2. The molecule has 0 bridgehead atoms. The van der Waals surface area contributed by atoms with E-state index in [0.717, 1.165) is 6.08 Å². The molecule has 0 saturated heterocycles. The number of benzene rings is 1. The molecule has 0 aliphatic heterocycles. The molecule has 14 heteroatoms. The Kier molecular flexibility index (Phi) is 15.7. The number of phenols is 1. The molecule has 0 fully saturated rings. The number of allylic oxidation sites excluding steroid dienone is 4. The number of aromatic hydroxyl groups is 1. The minimum absolute atomic E-state index is 0.00423. The van der Waals surface area contributed by atoms with Crippen molar-refractivity contribution in [3.05, 3.63) is 76.2 Å². The van der Waals surface area contributed by atoms with E-state index in [2.05, 4.69) is 5.32 Å². The van der Waals surface area contributed by atoms with Crippen LogP contribution in [0.4, 0.5) is 0 Å². The number of ketones is 2. The van der Waals surface area contributed by atoms with Crippen LogP contribution in [0, 0.1) is 37.5 Å². The average Bonchev–Trinajstić information content (AvgIpc) is 3.52. The van der Waals surface area contributed by atoms with E-state index in [9.17, 15) is 33.9 Å². The Balaban J connectivity index is 1.86. The molecule has 56 heavy (non-hydrogen) atoms. The summed E-state index contributed by atoms with van der Waals surface area (Å²) in [7, 11) is 2.97. The molecule has 1 amide bonds. The van der Waals surface area contributed by atoms with Crippen LogP contribution < -0.4 is 5.32 Å². The predicted molar refractivity (Wildman–Crippen MR) is 205 cm³/mol. The van der Waals surface area contributed by atoms with Crippen LogP contribution in [0.3, 0.4) is 0 Å². The van der Waals surface area contributed by atoms with Crippen LogP contribution in [0.15, 0.2) is 58.2 Å². The van der Waals surface area contributed by atoms with E-state index < -0.39 is 83.5 Å². The maximum Gasteiger partial charge on any atom is 0.302 e. The zero-order valence-corrected chi connectivity index (χ0v) is 34.0. The quantitative estimate of drug-likeness (QED) is 0.0464. The van der Waals surface area contributed by atoms with Gasteiger partial charge in [0.1, 0.15) is 35.4 Å². The Morgan fingerprint density at radius 2 is 1.29 bits per heavy atom. The first-order valence-electron chi connectivity index (χ1n) is 18.2. The van der Waals surface area contributed by atoms with Gasteiger partial charge in [0.25, 0.3) is 5.91 Å². The number of methoxy groups -OCH3 is 2. The first-order chi connectivity index (χ1) is 26.2. The summed E-state index contributed by atoms with van der Waals surface area (Å²) in [5.74, 6) is -5.66. The molecule has 0 radical (unpaired) electrons. The smallest absolute Gasteiger partial charge is 0.302 e. The average molecular weight is 780 g/mol. The van der Waals surface area contributed by atoms with Gasteiger partial charge in [-0.25, -0.2) is 0 Å². The molecule has 0 spiro atoms. The Morgan fingerprint density at radius 3 is 1.80 bits per heavy atom.